The molecule has 138 valence electrons. The van der Waals surface area contributed by atoms with Gasteiger partial charge in [-0.2, -0.15) is 11.3 Å². The maximum absolute atomic E-state index is 12.8. The Kier molecular flexibility index (Phi) is 4.90. The van der Waals surface area contributed by atoms with E-state index < -0.39 is 5.97 Å². The van der Waals surface area contributed by atoms with E-state index >= 15 is 0 Å². The summed E-state index contributed by atoms with van der Waals surface area (Å²) in [5, 5.41) is 4.77. The Morgan fingerprint density at radius 3 is 2.89 bits per heavy atom. The summed E-state index contributed by atoms with van der Waals surface area (Å²) in [6.45, 7) is 0.248. The third-order valence-electron chi connectivity index (χ3n) is 4.88. The number of thiophene rings is 1. The lowest BCUT2D eigenvalue weighted by Gasteiger charge is -2.17. The minimum Gasteiger partial charge on any atom is -0.452 e. The van der Waals surface area contributed by atoms with E-state index in [4.69, 9.17) is 4.74 Å². The van der Waals surface area contributed by atoms with Crippen molar-refractivity contribution in [3.8, 4) is 0 Å². The van der Waals surface area contributed by atoms with Crippen molar-refractivity contribution in [2.24, 2.45) is 0 Å². The zero-order chi connectivity index (χ0) is 18.8. The van der Waals surface area contributed by atoms with Crippen LogP contribution in [-0.4, -0.2) is 35.4 Å². The Labute approximate surface area is 161 Å². The molecule has 27 heavy (non-hydrogen) atoms. The van der Waals surface area contributed by atoms with Crippen molar-refractivity contribution in [1.82, 2.24) is 9.88 Å². The summed E-state index contributed by atoms with van der Waals surface area (Å²) >= 11 is 1.59. The molecule has 0 bridgehead atoms. The highest BCUT2D eigenvalue weighted by Gasteiger charge is 2.25. The number of hydrogen-bond acceptors (Lipinski definition) is 5. The van der Waals surface area contributed by atoms with Gasteiger partial charge in [-0.3, -0.25) is 9.78 Å². The highest BCUT2D eigenvalue weighted by Crippen LogP contribution is 2.30. The summed E-state index contributed by atoms with van der Waals surface area (Å²) in [6, 6.07) is 9.58. The van der Waals surface area contributed by atoms with Crippen LogP contribution in [0.3, 0.4) is 0 Å². The predicted octanol–water partition coefficient (Wildman–Crippen LogP) is 3.60. The molecule has 0 N–H and O–H groups in total. The van der Waals surface area contributed by atoms with Crippen LogP contribution in [0.5, 0.6) is 0 Å². The average molecular weight is 380 g/mol. The van der Waals surface area contributed by atoms with Gasteiger partial charge >= 0.3 is 5.97 Å². The number of pyridine rings is 1. The largest absolute Gasteiger partial charge is 0.452 e. The van der Waals surface area contributed by atoms with E-state index in [1.807, 2.05) is 41.1 Å². The predicted molar refractivity (Wildman–Crippen MR) is 105 cm³/mol. The standard InChI is InChI=1S/C21H20N2O3S/c1-23(11-14-9-10-27-13-14)19(24)12-26-21(25)20-15-5-2-3-7-17(15)22-18-8-4-6-16(18)20/h2-3,5,7,9-10,13H,4,6,8,11-12H2,1H3. The number of esters is 1. The number of para-hydroxylation sites is 1. The molecule has 0 saturated heterocycles. The molecular formula is C21H20N2O3S. The summed E-state index contributed by atoms with van der Waals surface area (Å²) in [5.74, 6) is -0.659. The molecule has 1 aliphatic carbocycles. The normalized spacial score (nSPS) is 12.8. The smallest absolute Gasteiger partial charge is 0.339 e. The number of nitrogens with zero attached hydrogens (tertiary/aromatic N) is 2. The van der Waals surface area contributed by atoms with E-state index in [0.717, 1.165) is 47.0 Å². The third kappa shape index (κ3) is 3.57. The molecule has 0 aliphatic heterocycles. The van der Waals surface area contributed by atoms with Crippen molar-refractivity contribution >= 4 is 34.1 Å². The minimum absolute atomic E-state index is 0.218. The van der Waals surface area contributed by atoms with E-state index in [1.54, 1.807) is 23.3 Å². The highest BCUT2D eigenvalue weighted by molar-refractivity contribution is 7.07. The molecule has 0 atom stereocenters. The van der Waals surface area contributed by atoms with Crippen LogP contribution in [-0.2, 0) is 28.9 Å². The monoisotopic (exact) mass is 380 g/mol. The molecule has 2 aromatic heterocycles. The van der Waals surface area contributed by atoms with Gasteiger partial charge in [-0.05, 0) is 53.3 Å². The number of aromatic nitrogens is 1. The highest BCUT2D eigenvalue weighted by atomic mass is 32.1. The third-order valence-corrected chi connectivity index (χ3v) is 5.61. The Balaban J connectivity index is 1.51. The van der Waals surface area contributed by atoms with Gasteiger partial charge in [0.15, 0.2) is 6.61 Å². The van der Waals surface area contributed by atoms with Crippen LogP contribution in [0.15, 0.2) is 41.1 Å². The molecule has 0 saturated carbocycles. The molecule has 0 spiro atoms. The van der Waals surface area contributed by atoms with Crippen molar-refractivity contribution in [2.45, 2.75) is 25.8 Å². The Morgan fingerprint density at radius 1 is 1.22 bits per heavy atom. The molecule has 3 aromatic rings. The van der Waals surface area contributed by atoms with Gasteiger partial charge in [0.25, 0.3) is 5.91 Å². The van der Waals surface area contributed by atoms with Crippen molar-refractivity contribution in [3.63, 3.8) is 0 Å². The molecule has 0 unspecified atom stereocenters. The molecule has 1 aromatic carbocycles. The van der Waals surface area contributed by atoms with Gasteiger partial charge in [0.05, 0.1) is 11.1 Å². The molecule has 0 fully saturated rings. The summed E-state index contributed by atoms with van der Waals surface area (Å²) in [5.41, 5.74) is 4.38. The lowest BCUT2D eigenvalue weighted by molar-refractivity contribution is -0.133. The molecular weight excluding hydrogens is 360 g/mol. The van der Waals surface area contributed by atoms with Crippen LogP contribution in [0.25, 0.3) is 10.9 Å². The van der Waals surface area contributed by atoms with Gasteiger partial charge < -0.3 is 9.64 Å². The first kappa shape index (κ1) is 17.7. The van der Waals surface area contributed by atoms with E-state index in [1.165, 1.54) is 0 Å². The van der Waals surface area contributed by atoms with Crippen molar-refractivity contribution in [2.75, 3.05) is 13.7 Å². The number of carbonyl (C=O) groups excluding carboxylic acids is 2. The Morgan fingerprint density at radius 2 is 2.07 bits per heavy atom. The van der Waals surface area contributed by atoms with E-state index in [-0.39, 0.29) is 12.5 Å². The summed E-state index contributed by atoms with van der Waals surface area (Å²) in [4.78, 5) is 31.4. The van der Waals surface area contributed by atoms with Crippen molar-refractivity contribution in [1.29, 1.82) is 0 Å². The number of aryl methyl sites for hydroxylation is 1. The second-order valence-electron chi connectivity index (χ2n) is 6.74. The van der Waals surface area contributed by atoms with E-state index in [9.17, 15) is 9.59 Å². The van der Waals surface area contributed by atoms with Gasteiger partial charge in [0.2, 0.25) is 0 Å². The minimum atomic E-state index is -0.441. The second-order valence-corrected chi connectivity index (χ2v) is 7.52. The molecule has 1 amide bonds. The Hall–Kier alpha value is -2.73. The molecule has 0 radical (unpaired) electrons. The summed E-state index contributed by atoms with van der Waals surface area (Å²) in [6.07, 6.45) is 2.69. The maximum Gasteiger partial charge on any atom is 0.339 e. The number of amides is 1. The number of fused-ring (bicyclic) bond motifs is 2. The molecule has 5 nitrogen and oxygen atoms in total. The zero-order valence-corrected chi connectivity index (χ0v) is 15.9. The number of likely N-dealkylation sites (N-methyl/N-ethyl adjacent to an activating group) is 1. The first-order valence-corrected chi connectivity index (χ1v) is 9.90. The van der Waals surface area contributed by atoms with Crippen LogP contribution in [0.4, 0.5) is 0 Å². The quantitative estimate of drug-likeness (QED) is 0.635. The van der Waals surface area contributed by atoms with Gasteiger partial charge in [-0.15, -0.1) is 0 Å². The summed E-state index contributed by atoms with van der Waals surface area (Å²) < 4.78 is 5.41. The SMILES string of the molecule is CN(Cc1ccsc1)C(=O)COC(=O)c1c2c(nc3ccccc13)CCC2. The fraction of sp³-hybridized carbons (Fsp3) is 0.286. The summed E-state index contributed by atoms with van der Waals surface area (Å²) in [7, 11) is 1.72. The Bertz CT molecular complexity index is 998. The average Bonchev–Trinajstić information content (AvgIpc) is 3.35. The van der Waals surface area contributed by atoms with Crippen LogP contribution in [0.1, 0.15) is 33.6 Å². The second kappa shape index (κ2) is 7.48. The number of ether oxygens (including phenoxy) is 1. The molecule has 1 aliphatic rings. The van der Waals surface area contributed by atoms with Gasteiger partial charge in [-0.25, -0.2) is 4.79 Å². The number of carbonyl (C=O) groups is 2. The number of rotatable bonds is 5. The van der Waals surface area contributed by atoms with Crippen molar-refractivity contribution < 1.29 is 14.3 Å². The molecule has 6 heteroatoms. The van der Waals surface area contributed by atoms with Crippen LogP contribution in [0.2, 0.25) is 0 Å². The fourth-order valence-electron chi connectivity index (χ4n) is 3.50. The molecule has 2 heterocycles. The lowest BCUT2D eigenvalue weighted by Crippen LogP contribution is -2.30. The fourth-order valence-corrected chi connectivity index (χ4v) is 4.16. The van der Waals surface area contributed by atoms with E-state index in [0.29, 0.717) is 12.1 Å². The lowest BCUT2D eigenvalue weighted by atomic mass is 10.0. The number of benzene rings is 1. The molecule has 4 rings (SSSR count). The maximum atomic E-state index is 12.8. The van der Waals surface area contributed by atoms with Crippen molar-refractivity contribution in [3.05, 3.63) is 63.5 Å². The van der Waals surface area contributed by atoms with E-state index in [2.05, 4.69) is 4.98 Å². The topological polar surface area (TPSA) is 59.5 Å². The van der Waals surface area contributed by atoms with Gasteiger partial charge in [0.1, 0.15) is 0 Å². The zero-order valence-electron chi connectivity index (χ0n) is 15.1. The van der Waals surface area contributed by atoms with Crippen LogP contribution in [0, 0.1) is 0 Å². The number of hydrogen-bond donors (Lipinski definition) is 0. The first-order chi connectivity index (χ1) is 13.1. The van der Waals surface area contributed by atoms with Crippen LogP contribution >= 0.6 is 11.3 Å². The van der Waals surface area contributed by atoms with Gasteiger partial charge in [0, 0.05) is 24.7 Å². The van der Waals surface area contributed by atoms with Gasteiger partial charge in [-0.1, -0.05) is 18.2 Å². The first-order valence-electron chi connectivity index (χ1n) is 8.96. The van der Waals surface area contributed by atoms with Crippen LogP contribution < -0.4 is 0 Å².